The summed E-state index contributed by atoms with van der Waals surface area (Å²) in [5.74, 6) is -1.62. The summed E-state index contributed by atoms with van der Waals surface area (Å²) in [5, 5.41) is 20.8. The van der Waals surface area contributed by atoms with Crippen molar-refractivity contribution in [3.63, 3.8) is 0 Å². The summed E-state index contributed by atoms with van der Waals surface area (Å²) >= 11 is 0. The molecule has 0 aromatic rings. The van der Waals surface area contributed by atoms with E-state index >= 15 is 0 Å². The van der Waals surface area contributed by atoms with E-state index in [-0.39, 0.29) is 12.8 Å². The van der Waals surface area contributed by atoms with Crippen LogP contribution in [0.1, 0.15) is 68.2 Å². The van der Waals surface area contributed by atoms with Gasteiger partial charge in [0.1, 0.15) is 10.5 Å². The van der Waals surface area contributed by atoms with Crippen LogP contribution in [0.3, 0.4) is 0 Å². The molecule has 32 heavy (non-hydrogen) atoms. The van der Waals surface area contributed by atoms with Gasteiger partial charge in [-0.2, -0.15) is 27.0 Å². The first-order valence-corrected chi connectivity index (χ1v) is 13.6. The Morgan fingerprint density at radius 3 is 1.09 bits per heavy atom. The minimum absolute atomic E-state index is 0.207. The maximum Gasteiger partial charge on any atom is 0.271 e. The van der Waals surface area contributed by atoms with E-state index in [1.54, 1.807) is 55.4 Å². The van der Waals surface area contributed by atoms with E-state index in [9.17, 15) is 27.3 Å². The van der Waals surface area contributed by atoms with Crippen molar-refractivity contribution in [2.75, 3.05) is 14.2 Å². The van der Waals surface area contributed by atoms with Crippen LogP contribution in [0.5, 0.6) is 0 Å². The van der Waals surface area contributed by atoms with Crippen LogP contribution in [0.15, 0.2) is 0 Å². The summed E-state index contributed by atoms with van der Waals surface area (Å²) in [6.45, 7) is 13.8. The van der Waals surface area contributed by atoms with Crippen molar-refractivity contribution in [2.24, 2.45) is 11.8 Å². The van der Waals surface area contributed by atoms with Gasteiger partial charge in [-0.3, -0.25) is 8.37 Å². The van der Waals surface area contributed by atoms with Crippen LogP contribution in [-0.2, 0) is 28.6 Å². The lowest BCUT2D eigenvalue weighted by Gasteiger charge is -2.43. The fraction of sp³-hybridized carbons (Fsp3) is 1.00. The van der Waals surface area contributed by atoms with Gasteiger partial charge in [-0.1, -0.05) is 0 Å². The Kier molecular flexibility index (Phi) is 7.07. The van der Waals surface area contributed by atoms with Crippen molar-refractivity contribution in [2.45, 2.75) is 101 Å². The second kappa shape index (κ2) is 8.11. The molecule has 10 nitrogen and oxygen atoms in total. The normalized spacial score (nSPS) is 32.1. The third-order valence-corrected chi connectivity index (χ3v) is 11.4. The van der Waals surface area contributed by atoms with Crippen molar-refractivity contribution in [3.05, 3.63) is 0 Å². The van der Waals surface area contributed by atoms with Gasteiger partial charge in [0, 0.05) is 34.0 Å². The predicted octanol–water partition coefficient (Wildman–Crippen LogP) is 2.21. The van der Waals surface area contributed by atoms with Crippen LogP contribution in [0.2, 0.25) is 0 Å². The first kappa shape index (κ1) is 27.9. The Labute approximate surface area is 193 Å². The lowest BCUT2D eigenvalue weighted by molar-refractivity contribution is -0.199. The largest absolute Gasteiger partial charge is 0.313 e. The summed E-state index contributed by atoms with van der Waals surface area (Å²) < 4.78 is 63.4. The van der Waals surface area contributed by atoms with E-state index in [2.05, 4.69) is 0 Å². The molecule has 0 aromatic heterocycles. The number of nitrogens with zero attached hydrogens (tertiary/aromatic N) is 2. The smallest absolute Gasteiger partial charge is 0.271 e. The van der Waals surface area contributed by atoms with Crippen LogP contribution in [-0.4, -0.2) is 84.3 Å². The molecular formula is C20H40N2O8S2. The van der Waals surface area contributed by atoms with Gasteiger partial charge in [0.15, 0.2) is 0 Å². The molecule has 2 fully saturated rings. The summed E-state index contributed by atoms with van der Waals surface area (Å²) in [7, 11) is -6.83. The van der Waals surface area contributed by atoms with Crippen LogP contribution in [0.25, 0.3) is 0 Å². The van der Waals surface area contributed by atoms with Gasteiger partial charge in [0.25, 0.3) is 20.2 Å². The van der Waals surface area contributed by atoms with Crippen LogP contribution in [0, 0.1) is 11.8 Å². The predicted molar refractivity (Wildman–Crippen MR) is 119 cm³/mol. The van der Waals surface area contributed by atoms with Crippen molar-refractivity contribution in [3.8, 4) is 0 Å². The fourth-order valence-corrected chi connectivity index (χ4v) is 10.0. The maximum absolute atomic E-state index is 13.4. The highest BCUT2D eigenvalue weighted by atomic mass is 32.2. The first-order valence-electron chi connectivity index (χ1n) is 10.7. The van der Waals surface area contributed by atoms with Gasteiger partial charge in [0.2, 0.25) is 0 Å². The van der Waals surface area contributed by atoms with E-state index < -0.39 is 64.7 Å². The molecule has 0 spiro atoms. The highest BCUT2D eigenvalue weighted by molar-refractivity contribution is 7.91. The zero-order valence-electron chi connectivity index (χ0n) is 20.8. The Morgan fingerprint density at radius 1 is 0.688 bits per heavy atom. The third-order valence-electron chi connectivity index (χ3n) is 7.74. The van der Waals surface area contributed by atoms with Crippen molar-refractivity contribution in [1.82, 2.24) is 10.1 Å². The van der Waals surface area contributed by atoms with Gasteiger partial charge >= 0.3 is 0 Å². The molecule has 4 atom stereocenters. The molecule has 0 saturated carbocycles. The molecule has 12 heteroatoms. The standard InChI is InChI=1S/C20H40N2O8S2/c1-17(2)11-13(19(5,6)21(17)23)15(31(25,26)29-9)16(32(27,28)30-10)14-12-18(3,4)22(24)20(14,7)8/h13-16,23-24H,11-12H2,1-10H3. The van der Waals surface area contributed by atoms with Gasteiger partial charge in [0.05, 0.1) is 14.2 Å². The lowest BCUT2D eigenvalue weighted by atomic mass is 9.76. The molecule has 2 rings (SSSR count). The zero-order valence-corrected chi connectivity index (χ0v) is 22.4. The molecule has 2 aliphatic heterocycles. The molecule has 2 saturated heterocycles. The molecule has 0 aromatic carbocycles. The monoisotopic (exact) mass is 500 g/mol. The quantitative estimate of drug-likeness (QED) is 0.501. The third kappa shape index (κ3) is 4.26. The van der Waals surface area contributed by atoms with E-state index in [1.165, 1.54) is 0 Å². The number of hydroxylamine groups is 4. The SMILES string of the molecule is COS(=O)(=O)C(C1CC(C)(C)N(O)C1(C)C)C(C1CC(C)(C)N(O)C1(C)C)S(=O)(=O)OC. The average molecular weight is 501 g/mol. The number of hydrogen-bond donors (Lipinski definition) is 2. The highest BCUT2D eigenvalue weighted by Crippen LogP contribution is 2.53. The topological polar surface area (TPSA) is 134 Å². The Balaban J connectivity index is 2.84. The number of rotatable bonds is 7. The van der Waals surface area contributed by atoms with Gasteiger partial charge in [-0.15, -0.1) is 0 Å². The minimum Gasteiger partial charge on any atom is -0.313 e. The number of hydrogen-bond acceptors (Lipinski definition) is 10. The highest BCUT2D eigenvalue weighted by Gasteiger charge is 2.65. The lowest BCUT2D eigenvalue weighted by Crippen LogP contribution is -2.59. The molecule has 2 aliphatic rings. The maximum atomic E-state index is 13.4. The molecule has 2 heterocycles. The molecule has 0 amide bonds. The molecule has 2 N–H and O–H groups in total. The fourth-order valence-electron chi connectivity index (χ4n) is 6.07. The first-order chi connectivity index (χ1) is 14.1. The van der Waals surface area contributed by atoms with Crippen LogP contribution < -0.4 is 0 Å². The summed E-state index contributed by atoms with van der Waals surface area (Å²) in [4.78, 5) is 0. The second-order valence-corrected chi connectivity index (χ2v) is 15.2. The molecule has 4 unspecified atom stereocenters. The van der Waals surface area contributed by atoms with Crippen molar-refractivity contribution >= 4 is 20.2 Å². The molecule has 0 aliphatic carbocycles. The molecule has 190 valence electrons. The van der Waals surface area contributed by atoms with Crippen molar-refractivity contribution < 1.29 is 35.6 Å². The zero-order chi connectivity index (χ0) is 25.3. The Morgan fingerprint density at radius 2 is 0.938 bits per heavy atom. The molecule has 0 radical (unpaired) electrons. The van der Waals surface area contributed by atoms with E-state index in [0.29, 0.717) is 0 Å². The van der Waals surface area contributed by atoms with Gasteiger partial charge in [-0.25, -0.2) is 0 Å². The van der Waals surface area contributed by atoms with Crippen LogP contribution >= 0.6 is 0 Å². The Bertz CT molecular complexity index is 851. The van der Waals surface area contributed by atoms with E-state index in [1.807, 2.05) is 0 Å². The minimum atomic E-state index is -4.42. The van der Waals surface area contributed by atoms with E-state index in [0.717, 1.165) is 24.3 Å². The summed E-state index contributed by atoms with van der Waals surface area (Å²) in [5.41, 5.74) is -3.77. The molecular weight excluding hydrogens is 460 g/mol. The summed E-state index contributed by atoms with van der Waals surface area (Å²) in [6, 6.07) is 0. The molecule has 0 bridgehead atoms. The average Bonchev–Trinajstić information content (AvgIpc) is 2.92. The van der Waals surface area contributed by atoms with Gasteiger partial charge in [-0.05, 0) is 68.2 Å². The summed E-state index contributed by atoms with van der Waals surface area (Å²) in [6.07, 6.45) is 0.414. The van der Waals surface area contributed by atoms with Crippen LogP contribution in [0.4, 0.5) is 0 Å². The van der Waals surface area contributed by atoms with E-state index in [4.69, 9.17) is 8.37 Å². The van der Waals surface area contributed by atoms with Crippen molar-refractivity contribution in [1.29, 1.82) is 0 Å². The van der Waals surface area contributed by atoms with Gasteiger partial charge < -0.3 is 10.4 Å². The second-order valence-electron chi connectivity index (χ2n) is 11.4. The Hall–Kier alpha value is -0.340.